The van der Waals surface area contributed by atoms with Crippen molar-refractivity contribution >= 4 is 0 Å². The SMILES string of the molecule is N#CCc1c(F)cncc1-c1ccc(C(F)(F)F)cc1. The normalized spacial score (nSPS) is 11.2. The van der Waals surface area contributed by atoms with Crippen molar-refractivity contribution in [1.29, 1.82) is 5.26 Å². The van der Waals surface area contributed by atoms with Crippen molar-refractivity contribution in [1.82, 2.24) is 4.98 Å². The zero-order valence-electron chi connectivity index (χ0n) is 10.1. The standard InChI is InChI=1S/C14H8F4N2/c15-13-8-20-7-12(11(13)5-6-19)9-1-3-10(4-2-9)14(16,17)18/h1-4,7-8H,5H2. The Kier molecular flexibility index (Phi) is 3.70. The topological polar surface area (TPSA) is 36.7 Å². The average Bonchev–Trinajstić information content (AvgIpc) is 2.40. The first-order valence-electron chi connectivity index (χ1n) is 5.60. The highest BCUT2D eigenvalue weighted by Gasteiger charge is 2.30. The lowest BCUT2D eigenvalue weighted by Crippen LogP contribution is -2.04. The zero-order chi connectivity index (χ0) is 14.8. The van der Waals surface area contributed by atoms with E-state index in [0.717, 1.165) is 18.3 Å². The van der Waals surface area contributed by atoms with Gasteiger partial charge in [-0.2, -0.15) is 18.4 Å². The Hall–Kier alpha value is -2.42. The number of benzene rings is 1. The number of alkyl halides is 3. The van der Waals surface area contributed by atoms with Gasteiger partial charge in [0, 0.05) is 17.3 Å². The smallest absolute Gasteiger partial charge is 0.261 e. The lowest BCUT2D eigenvalue weighted by Gasteiger charge is -2.10. The molecule has 1 heterocycles. The molecule has 102 valence electrons. The summed E-state index contributed by atoms with van der Waals surface area (Å²) in [6.07, 6.45) is -2.29. The first-order chi connectivity index (χ1) is 9.43. The predicted octanol–water partition coefficient (Wildman–Crippen LogP) is 3.97. The van der Waals surface area contributed by atoms with E-state index in [1.807, 2.05) is 6.07 Å². The number of nitriles is 1. The summed E-state index contributed by atoms with van der Waals surface area (Å²) in [5, 5.41) is 8.68. The molecule has 0 radical (unpaired) electrons. The van der Waals surface area contributed by atoms with Crippen LogP contribution in [0.4, 0.5) is 17.6 Å². The van der Waals surface area contributed by atoms with E-state index in [1.165, 1.54) is 18.3 Å². The number of halogens is 4. The van der Waals surface area contributed by atoms with Crippen LogP contribution < -0.4 is 0 Å². The fourth-order valence-electron chi connectivity index (χ4n) is 1.81. The average molecular weight is 280 g/mol. The number of hydrogen-bond donors (Lipinski definition) is 0. The van der Waals surface area contributed by atoms with E-state index < -0.39 is 17.6 Å². The predicted molar refractivity (Wildman–Crippen MR) is 64.0 cm³/mol. The fraction of sp³-hybridized carbons (Fsp3) is 0.143. The summed E-state index contributed by atoms with van der Waals surface area (Å²) >= 11 is 0. The molecule has 0 N–H and O–H groups in total. The molecule has 0 aliphatic carbocycles. The van der Waals surface area contributed by atoms with Crippen LogP contribution in [-0.4, -0.2) is 4.98 Å². The summed E-state index contributed by atoms with van der Waals surface area (Å²) in [4.78, 5) is 3.67. The maximum atomic E-state index is 13.6. The minimum absolute atomic E-state index is 0.127. The Bertz CT molecular complexity index is 654. The van der Waals surface area contributed by atoms with Crippen LogP contribution in [0.25, 0.3) is 11.1 Å². The van der Waals surface area contributed by atoms with Gasteiger partial charge < -0.3 is 0 Å². The van der Waals surface area contributed by atoms with Gasteiger partial charge in [0.2, 0.25) is 0 Å². The lowest BCUT2D eigenvalue weighted by atomic mass is 9.99. The second kappa shape index (κ2) is 5.29. The second-order valence-corrected chi connectivity index (χ2v) is 4.06. The van der Waals surface area contributed by atoms with Gasteiger partial charge in [0.05, 0.1) is 24.3 Å². The van der Waals surface area contributed by atoms with E-state index in [9.17, 15) is 17.6 Å². The number of hydrogen-bond acceptors (Lipinski definition) is 2. The quantitative estimate of drug-likeness (QED) is 0.780. The summed E-state index contributed by atoms with van der Waals surface area (Å²) < 4.78 is 51.0. The summed E-state index contributed by atoms with van der Waals surface area (Å²) in [5.41, 5.74) is 0.0465. The first kappa shape index (κ1) is 14.0. The molecule has 0 spiro atoms. The molecule has 20 heavy (non-hydrogen) atoms. The molecule has 0 atom stereocenters. The van der Waals surface area contributed by atoms with Gasteiger partial charge in [-0.25, -0.2) is 4.39 Å². The van der Waals surface area contributed by atoms with E-state index >= 15 is 0 Å². The highest BCUT2D eigenvalue weighted by atomic mass is 19.4. The van der Waals surface area contributed by atoms with E-state index in [1.54, 1.807) is 0 Å². The molecule has 0 fully saturated rings. The Morgan fingerprint density at radius 2 is 1.75 bits per heavy atom. The molecule has 0 saturated heterocycles. The Balaban J connectivity index is 2.48. The van der Waals surface area contributed by atoms with Crippen molar-refractivity contribution in [2.24, 2.45) is 0 Å². The highest BCUT2D eigenvalue weighted by molar-refractivity contribution is 5.67. The van der Waals surface area contributed by atoms with Gasteiger partial charge in [0.1, 0.15) is 5.82 Å². The summed E-state index contributed by atoms with van der Waals surface area (Å²) in [6.45, 7) is 0. The number of rotatable bonds is 2. The molecule has 2 rings (SSSR count). The van der Waals surface area contributed by atoms with E-state index in [4.69, 9.17) is 5.26 Å². The number of nitrogens with zero attached hydrogens (tertiary/aromatic N) is 2. The van der Waals surface area contributed by atoms with Crippen LogP contribution in [0.3, 0.4) is 0 Å². The Morgan fingerprint density at radius 1 is 1.10 bits per heavy atom. The van der Waals surface area contributed by atoms with Crippen LogP contribution in [0.5, 0.6) is 0 Å². The maximum absolute atomic E-state index is 13.6. The van der Waals surface area contributed by atoms with Crippen LogP contribution >= 0.6 is 0 Å². The molecule has 2 aromatic rings. The molecule has 1 aromatic heterocycles. The monoisotopic (exact) mass is 280 g/mol. The molecular formula is C14H8F4N2. The molecule has 0 aliphatic rings. The molecule has 0 amide bonds. The molecule has 0 unspecified atom stereocenters. The van der Waals surface area contributed by atoms with Gasteiger partial charge in [-0.3, -0.25) is 4.98 Å². The van der Waals surface area contributed by atoms with Crippen LogP contribution in [0.2, 0.25) is 0 Å². The molecular weight excluding hydrogens is 272 g/mol. The third-order valence-corrected chi connectivity index (χ3v) is 2.78. The van der Waals surface area contributed by atoms with Crippen LogP contribution in [0.1, 0.15) is 11.1 Å². The second-order valence-electron chi connectivity index (χ2n) is 4.06. The van der Waals surface area contributed by atoms with Gasteiger partial charge in [-0.1, -0.05) is 12.1 Å². The highest BCUT2D eigenvalue weighted by Crippen LogP contribution is 2.32. The summed E-state index contributed by atoms with van der Waals surface area (Å²) in [6, 6.07) is 6.12. The van der Waals surface area contributed by atoms with Gasteiger partial charge >= 0.3 is 6.18 Å². The lowest BCUT2D eigenvalue weighted by molar-refractivity contribution is -0.137. The van der Waals surface area contributed by atoms with E-state index in [2.05, 4.69) is 4.98 Å². The van der Waals surface area contributed by atoms with E-state index in [0.29, 0.717) is 11.1 Å². The largest absolute Gasteiger partial charge is 0.416 e. The van der Waals surface area contributed by atoms with Gasteiger partial charge in [-0.15, -0.1) is 0 Å². The van der Waals surface area contributed by atoms with Gasteiger partial charge in [0.25, 0.3) is 0 Å². The van der Waals surface area contributed by atoms with Crippen molar-refractivity contribution in [3.8, 4) is 17.2 Å². The summed E-state index contributed by atoms with van der Waals surface area (Å²) in [7, 11) is 0. The number of aromatic nitrogens is 1. The van der Waals surface area contributed by atoms with Gasteiger partial charge in [0.15, 0.2) is 0 Å². The zero-order valence-corrected chi connectivity index (χ0v) is 10.1. The van der Waals surface area contributed by atoms with Crippen LogP contribution in [-0.2, 0) is 12.6 Å². The van der Waals surface area contributed by atoms with Crippen molar-refractivity contribution in [2.75, 3.05) is 0 Å². The molecule has 6 heteroatoms. The molecule has 2 nitrogen and oxygen atoms in total. The van der Waals surface area contributed by atoms with Crippen LogP contribution in [0, 0.1) is 17.1 Å². The number of pyridine rings is 1. The van der Waals surface area contributed by atoms with Gasteiger partial charge in [-0.05, 0) is 17.7 Å². The molecule has 0 aliphatic heterocycles. The van der Waals surface area contributed by atoms with Crippen LogP contribution in [0.15, 0.2) is 36.7 Å². The molecule has 0 bridgehead atoms. The van der Waals surface area contributed by atoms with Crippen molar-refractivity contribution in [3.05, 3.63) is 53.6 Å². The minimum atomic E-state index is -4.42. The first-order valence-corrected chi connectivity index (χ1v) is 5.60. The Morgan fingerprint density at radius 3 is 2.30 bits per heavy atom. The van der Waals surface area contributed by atoms with Crippen molar-refractivity contribution in [3.63, 3.8) is 0 Å². The van der Waals surface area contributed by atoms with Crippen molar-refractivity contribution < 1.29 is 17.6 Å². The Labute approximate surface area is 112 Å². The minimum Gasteiger partial charge on any atom is -0.261 e. The van der Waals surface area contributed by atoms with E-state index in [-0.39, 0.29) is 12.0 Å². The molecule has 0 saturated carbocycles. The van der Waals surface area contributed by atoms with Crippen molar-refractivity contribution in [2.45, 2.75) is 12.6 Å². The molecule has 1 aromatic carbocycles. The third-order valence-electron chi connectivity index (χ3n) is 2.78. The summed E-state index contributed by atoms with van der Waals surface area (Å²) in [5.74, 6) is -0.649. The third kappa shape index (κ3) is 2.77. The maximum Gasteiger partial charge on any atom is 0.416 e. The fourth-order valence-corrected chi connectivity index (χ4v) is 1.81.